The minimum Gasteiger partial charge on any atom is -0.448 e. The van der Waals surface area contributed by atoms with Crippen molar-refractivity contribution in [2.75, 3.05) is 54.6 Å². The number of carbonyl (C=O) groups excluding carboxylic acids is 6. The Bertz CT molecular complexity index is 2440. The summed E-state index contributed by atoms with van der Waals surface area (Å²) in [4.78, 5) is 96.6. The minimum atomic E-state index is -1.16. The van der Waals surface area contributed by atoms with Gasteiger partial charge in [-0.15, -0.1) is 0 Å². The van der Waals surface area contributed by atoms with Crippen LogP contribution in [0.1, 0.15) is 122 Å². The molecular formula is C59H82N6O10. The molecule has 16 nitrogen and oxygen atoms in total. The van der Waals surface area contributed by atoms with Crippen LogP contribution in [0, 0.1) is 23.7 Å². The van der Waals surface area contributed by atoms with Crippen molar-refractivity contribution in [1.29, 1.82) is 0 Å². The predicted molar refractivity (Wildman–Crippen MR) is 286 cm³/mol. The molecule has 4 aliphatic rings. The van der Waals surface area contributed by atoms with E-state index in [0.717, 1.165) is 40.7 Å². The summed E-state index contributed by atoms with van der Waals surface area (Å²) in [7, 11) is 6.48. The van der Waals surface area contributed by atoms with Crippen LogP contribution in [-0.4, -0.2) is 152 Å². The van der Waals surface area contributed by atoms with E-state index in [2.05, 4.69) is 29.7 Å². The van der Waals surface area contributed by atoms with E-state index < -0.39 is 65.7 Å². The number of nitrogens with zero attached hydrogens (tertiary/aromatic N) is 4. The minimum absolute atomic E-state index is 0.0126. The maximum atomic E-state index is 14.7. The predicted octanol–water partition coefficient (Wildman–Crippen LogP) is 7.55. The van der Waals surface area contributed by atoms with Crippen molar-refractivity contribution in [3.05, 3.63) is 95.6 Å². The molecule has 2 heterocycles. The molecule has 408 valence electrons. The number of hydrogen-bond donors (Lipinski definition) is 2. The van der Waals surface area contributed by atoms with Crippen molar-refractivity contribution in [2.24, 2.45) is 23.7 Å². The van der Waals surface area contributed by atoms with E-state index in [4.69, 9.17) is 19.0 Å². The van der Waals surface area contributed by atoms with Gasteiger partial charge in [0, 0.05) is 52.2 Å². The molecule has 6 amide bonds. The fraction of sp³-hybridized carbons (Fsp3) is 0.593. The van der Waals surface area contributed by atoms with Gasteiger partial charge in [0.25, 0.3) is 5.91 Å². The van der Waals surface area contributed by atoms with Gasteiger partial charge in [-0.25, -0.2) is 9.86 Å². The van der Waals surface area contributed by atoms with Gasteiger partial charge in [0.15, 0.2) is 0 Å². The fourth-order valence-corrected chi connectivity index (χ4v) is 12.4. The van der Waals surface area contributed by atoms with Crippen molar-refractivity contribution in [3.63, 3.8) is 0 Å². The highest BCUT2D eigenvalue weighted by Crippen LogP contribution is 2.53. The van der Waals surface area contributed by atoms with Crippen LogP contribution in [0.15, 0.2) is 78.9 Å². The van der Waals surface area contributed by atoms with E-state index in [0.29, 0.717) is 45.4 Å². The molecule has 7 rings (SSSR count). The molecule has 16 heteroatoms. The maximum Gasteiger partial charge on any atom is 0.410 e. The molecule has 2 saturated heterocycles. The second kappa shape index (κ2) is 25.0. The standard InChI is InChI=1S/C59H82N6O10/c1-12-38(6)52(62(8)50(36(2)3)55(68)60-56(69)51(37(4)5)63(9)58(71)74-35-45-43-27-18-16-25-41(43)42-26-17-19-28-44(42)45)48(72-10)33-49(66)64-30-22-29-47(64)53(73-11)39(7)54(67)61-59(57(70)65-31-20-21-32-75-65)34-46(59)40-23-14-13-15-24-40/h13-19,23-28,36-39,45-48,50-53H,12,20-22,29-35H2,1-11H3,(H,61,67)(H,60,68,69)/t38-,39+,46+,47-,48+,50-,51-,52-,53+,59-/m0/s1. The second-order valence-corrected chi connectivity index (χ2v) is 22.0. The number of benzene rings is 3. The zero-order valence-electron chi connectivity index (χ0n) is 46.1. The van der Waals surface area contributed by atoms with Gasteiger partial charge in [-0.05, 0) is 84.7 Å². The van der Waals surface area contributed by atoms with Crippen LogP contribution in [0.4, 0.5) is 4.79 Å². The number of hydroxylamine groups is 2. The molecule has 0 aromatic heterocycles. The van der Waals surface area contributed by atoms with Crippen LogP contribution in [-0.2, 0) is 43.0 Å². The SMILES string of the molecule is CC[C@H](C)[C@@H]([C@@H](CC(=O)N1CCC[C@H]1[C@H](OC)[C@@H](C)C(=O)N[C@@]1(C(=O)N2CCCCO2)C[C@@H]1c1ccccc1)OC)N(C)[C@H](C(=O)NC(=O)[C@H](C(C)C)N(C)C(=O)OCC1c2ccccc2-c2ccccc21)C(C)C. The monoisotopic (exact) mass is 1030 g/mol. The first-order valence-electron chi connectivity index (χ1n) is 27.2. The number of methoxy groups -OCH3 is 2. The van der Waals surface area contributed by atoms with Crippen molar-refractivity contribution >= 4 is 35.6 Å². The molecule has 0 unspecified atom stereocenters. The highest BCUT2D eigenvalue weighted by atomic mass is 16.7. The third-order valence-corrected chi connectivity index (χ3v) is 16.6. The molecule has 1 saturated carbocycles. The Hall–Kier alpha value is -5.68. The van der Waals surface area contributed by atoms with Crippen LogP contribution in [0.25, 0.3) is 11.1 Å². The van der Waals surface area contributed by atoms with Gasteiger partial charge in [0.05, 0.1) is 43.2 Å². The summed E-state index contributed by atoms with van der Waals surface area (Å²) in [6.45, 7) is 14.8. The van der Waals surface area contributed by atoms with Crippen LogP contribution in [0.5, 0.6) is 0 Å². The first-order valence-corrected chi connectivity index (χ1v) is 27.2. The van der Waals surface area contributed by atoms with E-state index >= 15 is 0 Å². The van der Waals surface area contributed by atoms with E-state index in [1.54, 1.807) is 26.0 Å². The molecule has 3 aromatic rings. The Kier molecular flexibility index (Phi) is 19.0. The third-order valence-electron chi connectivity index (χ3n) is 16.6. The summed E-state index contributed by atoms with van der Waals surface area (Å²) in [5.41, 5.74) is 4.16. The quantitative estimate of drug-likeness (QED) is 0.102. The van der Waals surface area contributed by atoms with E-state index in [1.807, 2.05) is 113 Å². The largest absolute Gasteiger partial charge is 0.448 e. The van der Waals surface area contributed by atoms with Gasteiger partial charge in [-0.2, -0.15) is 0 Å². The molecule has 0 bridgehead atoms. The van der Waals surface area contributed by atoms with Crippen molar-refractivity contribution in [3.8, 4) is 11.1 Å². The summed E-state index contributed by atoms with van der Waals surface area (Å²) in [6, 6.07) is 23.2. The Labute approximate surface area is 444 Å². The zero-order valence-corrected chi connectivity index (χ0v) is 46.1. The molecule has 2 aliphatic heterocycles. The van der Waals surface area contributed by atoms with Crippen LogP contribution in [0.2, 0.25) is 0 Å². The maximum absolute atomic E-state index is 14.7. The summed E-state index contributed by atoms with van der Waals surface area (Å²) in [6.07, 6.45) is 2.12. The average Bonchev–Trinajstić information content (AvgIpc) is 3.79. The third kappa shape index (κ3) is 12.1. The lowest BCUT2D eigenvalue weighted by atomic mass is 9.87. The first-order chi connectivity index (χ1) is 35.9. The number of hydrogen-bond acceptors (Lipinski definition) is 11. The molecule has 3 fully saturated rings. The van der Waals surface area contributed by atoms with Crippen LogP contribution >= 0.6 is 0 Å². The summed E-state index contributed by atoms with van der Waals surface area (Å²) < 4.78 is 18.2. The molecule has 3 aromatic carbocycles. The number of nitrogens with one attached hydrogen (secondary N) is 2. The number of imide groups is 1. The Morgan fingerprint density at radius 3 is 1.95 bits per heavy atom. The molecule has 0 spiro atoms. The lowest BCUT2D eigenvalue weighted by Crippen LogP contribution is -2.60. The molecule has 2 aliphatic carbocycles. The second-order valence-electron chi connectivity index (χ2n) is 22.0. The lowest BCUT2D eigenvalue weighted by molar-refractivity contribution is -0.200. The number of likely N-dealkylation sites (tertiary alicyclic amines) is 1. The molecule has 10 atom stereocenters. The smallest absolute Gasteiger partial charge is 0.410 e. The molecule has 75 heavy (non-hydrogen) atoms. The topological polar surface area (TPSA) is 176 Å². The van der Waals surface area contributed by atoms with Crippen molar-refractivity contribution < 1.29 is 47.8 Å². The number of rotatable bonds is 22. The zero-order chi connectivity index (χ0) is 54.3. The van der Waals surface area contributed by atoms with Gasteiger partial charge >= 0.3 is 6.09 Å². The highest BCUT2D eigenvalue weighted by molar-refractivity contribution is 6.01. The summed E-state index contributed by atoms with van der Waals surface area (Å²) in [5.74, 6) is -3.72. The first kappa shape index (κ1) is 57.0. The molecule has 0 radical (unpaired) electrons. The van der Waals surface area contributed by atoms with E-state index in [9.17, 15) is 28.8 Å². The Balaban J connectivity index is 1.01. The fourth-order valence-electron chi connectivity index (χ4n) is 12.4. The van der Waals surface area contributed by atoms with E-state index in [1.165, 1.54) is 17.0 Å². The van der Waals surface area contributed by atoms with Gasteiger partial charge in [0.1, 0.15) is 18.2 Å². The highest BCUT2D eigenvalue weighted by Gasteiger charge is 2.64. The van der Waals surface area contributed by atoms with Crippen molar-refractivity contribution in [1.82, 2.24) is 30.4 Å². The number of likely N-dealkylation sites (N-methyl/N-ethyl adjacent to an activating group) is 2. The van der Waals surface area contributed by atoms with Gasteiger partial charge < -0.3 is 24.4 Å². The summed E-state index contributed by atoms with van der Waals surface area (Å²) >= 11 is 0. The van der Waals surface area contributed by atoms with Gasteiger partial charge in [-0.1, -0.05) is 134 Å². The van der Waals surface area contributed by atoms with Gasteiger partial charge in [-0.3, -0.25) is 43.9 Å². The number of fused-ring (bicyclic) bond motifs is 3. The number of amides is 6. The molecular weight excluding hydrogens is 953 g/mol. The number of carbonyl (C=O) groups is 6. The van der Waals surface area contributed by atoms with Crippen molar-refractivity contribution in [2.45, 2.75) is 147 Å². The van der Waals surface area contributed by atoms with Crippen LogP contribution < -0.4 is 10.6 Å². The normalized spacial score (nSPS) is 22.1. The Morgan fingerprint density at radius 2 is 1.37 bits per heavy atom. The Morgan fingerprint density at radius 1 is 0.760 bits per heavy atom. The average molecular weight is 1040 g/mol. The lowest BCUT2D eigenvalue weighted by Gasteiger charge is -2.43. The summed E-state index contributed by atoms with van der Waals surface area (Å²) in [5, 5.41) is 7.25. The van der Waals surface area contributed by atoms with Crippen LogP contribution in [0.3, 0.4) is 0 Å². The van der Waals surface area contributed by atoms with Gasteiger partial charge in [0.2, 0.25) is 23.6 Å². The molecule has 2 N–H and O–H groups in total. The number of ether oxygens (including phenoxy) is 3. The van der Waals surface area contributed by atoms with E-state index in [-0.39, 0.29) is 60.3 Å².